The highest BCUT2D eigenvalue weighted by Gasteiger charge is 2.76. The maximum absolute atomic E-state index is 10.8. The summed E-state index contributed by atoms with van der Waals surface area (Å²) in [6, 6.07) is 3.85. The van der Waals surface area contributed by atoms with Crippen molar-refractivity contribution in [1.82, 2.24) is 4.90 Å². The van der Waals surface area contributed by atoms with Crippen LogP contribution < -0.4 is 4.74 Å². The minimum atomic E-state index is -1.83. The molecule has 0 aromatic heterocycles. The lowest BCUT2D eigenvalue weighted by atomic mass is 9.53. The monoisotopic (exact) mass is 389 g/mol. The topological polar surface area (TPSA) is 52.9 Å². The number of hydrogen-bond acceptors (Lipinski definition) is 4. The quantitative estimate of drug-likeness (QED) is 0.528. The molecule has 2 aliphatic carbocycles. The fourth-order valence-electron chi connectivity index (χ4n) is 5.25. The number of phenols is 1. The fraction of sp³-hybridized carbons (Fsp3) is 0.529. The maximum atomic E-state index is 10.8. The van der Waals surface area contributed by atoms with Gasteiger partial charge in [-0.15, -0.1) is 12.4 Å². The molecule has 2 N–H and O–H groups in total. The molecule has 0 radical (unpaired) electrons. The summed E-state index contributed by atoms with van der Waals surface area (Å²) < 4.78 is 6.01. The third-order valence-corrected chi connectivity index (χ3v) is 7.49. The molecule has 2 heterocycles. The smallest absolute Gasteiger partial charge is 0.239 e. The number of hydrogen-bond donors (Lipinski definition) is 2. The summed E-state index contributed by atoms with van der Waals surface area (Å²) in [6.07, 6.45) is 5.12. The first-order chi connectivity index (χ1) is 10.8. The van der Waals surface area contributed by atoms with E-state index in [9.17, 15) is 10.2 Å². The normalized spacial score (nSPS) is 44.5. The van der Waals surface area contributed by atoms with E-state index >= 15 is 0 Å². The Hall–Kier alpha value is -0.650. The summed E-state index contributed by atoms with van der Waals surface area (Å²) in [5.41, 5.74) is 1.43. The lowest BCUT2D eigenvalue weighted by molar-refractivity contribution is -0.0881. The molecule has 1 saturated heterocycles. The third-order valence-electron chi connectivity index (χ3n) is 6.30. The molecule has 0 unspecified atom stereocenters. The number of phenolic OH excluding ortho intramolecular Hbond substituents is 1. The molecule has 0 amide bonds. The van der Waals surface area contributed by atoms with Crippen molar-refractivity contribution in [3.8, 4) is 11.5 Å². The molecule has 130 valence electrons. The minimum absolute atomic E-state index is 0. The molecule has 1 aromatic carbocycles. The number of ether oxygens (including phenoxy) is 1. The van der Waals surface area contributed by atoms with Crippen LogP contribution in [0, 0.1) is 5.92 Å². The van der Waals surface area contributed by atoms with Crippen LogP contribution >= 0.6 is 35.6 Å². The van der Waals surface area contributed by atoms with Crippen LogP contribution in [0.2, 0.25) is 0 Å². The van der Waals surface area contributed by atoms with Gasteiger partial charge in [0.05, 0.1) is 5.41 Å². The Balaban J connectivity index is 0.00000146. The van der Waals surface area contributed by atoms with Gasteiger partial charge in [-0.05, 0) is 44.1 Å². The standard InChI is InChI=1S/C17H17Cl2NO3.ClH/c1-20-7-6-15-10-4-5-16(18,22)17(15,19)23-14-12(21)3-2-9(13(14)15)8-11(10)20;/h2-5,10-11,21-22H,6-8H2,1H3;1H/t10-,11+,15-,16-,17+;/m0./s1. The average molecular weight is 391 g/mol. The summed E-state index contributed by atoms with van der Waals surface area (Å²) in [5, 5.41) is 17.8. The molecule has 0 saturated carbocycles. The average Bonchev–Trinajstić information content (AvgIpc) is 2.78. The predicted molar refractivity (Wildman–Crippen MR) is 94.4 cm³/mol. The summed E-state index contributed by atoms with van der Waals surface area (Å²) in [6.45, 7) is 0.842. The lowest BCUT2D eigenvalue weighted by Crippen LogP contribution is -2.71. The molecule has 5 rings (SSSR count). The van der Waals surface area contributed by atoms with Crippen molar-refractivity contribution in [3.63, 3.8) is 0 Å². The zero-order valence-corrected chi connectivity index (χ0v) is 15.3. The fourth-order valence-corrected chi connectivity index (χ4v) is 5.98. The van der Waals surface area contributed by atoms with Crippen molar-refractivity contribution in [2.45, 2.75) is 34.4 Å². The van der Waals surface area contributed by atoms with Crippen molar-refractivity contribution in [1.29, 1.82) is 0 Å². The molecule has 4 nitrogen and oxygen atoms in total. The zero-order chi connectivity index (χ0) is 16.2. The minimum Gasteiger partial charge on any atom is -0.504 e. The molecule has 2 aliphatic heterocycles. The van der Waals surface area contributed by atoms with Crippen LogP contribution in [-0.2, 0) is 11.8 Å². The predicted octanol–water partition coefficient (Wildman–Crippen LogP) is 2.75. The Labute approximate surface area is 156 Å². The van der Waals surface area contributed by atoms with Gasteiger partial charge in [0, 0.05) is 17.5 Å². The number of aromatic hydroxyl groups is 1. The van der Waals surface area contributed by atoms with E-state index in [0.717, 1.165) is 30.5 Å². The first-order valence-corrected chi connectivity index (χ1v) is 8.61. The van der Waals surface area contributed by atoms with Gasteiger partial charge in [-0.25, -0.2) is 0 Å². The van der Waals surface area contributed by atoms with Gasteiger partial charge in [0.1, 0.15) is 0 Å². The second-order valence-electron chi connectivity index (χ2n) is 7.18. The van der Waals surface area contributed by atoms with Gasteiger partial charge < -0.3 is 19.8 Å². The number of aliphatic hydroxyl groups is 1. The number of likely N-dealkylation sites (tertiary alicyclic amines) is 1. The number of rotatable bonds is 0. The Morgan fingerprint density at radius 2 is 2.08 bits per heavy atom. The van der Waals surface area contributed by atoms with E-state index in [-0.39, 0.29) is 30.1 Å². The Morgan fingerprint density at radius 3 is 2.83 bits per heavy atom. The molecule has 1 aromatic rings. The van der Waals surface area contributed by atoms with Crippen LogP contribution in [0.1, 0.15) is 17.5 Å². The highest BCUT2D eigenvalue weighted by Crippen LogP contribution is 2.70. The van der Waals surface area contributed by atoms with Gasteiger partial charge in [-0.2, -0.15) is 0 Å². The van der Waals surface area contributed by atoms with E-state index in [0.29, 0.717) is 5.75 Å². The van der Waals surface area contributed by atoms with Crippen LogP contribution in [0.25, 0.3) is 0 Å². The molecular formula is C17H18Cl3NO3. The second-order valence-corrected chi connectivity index (χ2v) is 8.29. The SMILES string of the molecule is CN1CC[C@]23c4c5ccc(O)c4O[C@@]2(Cl)[C@](O)(Cl)C=C[C@H]3[C@H]1C5.Cl. The molecule has 1 spiro atoms. The van der Waals surface area contributed by atoms with Crippen molar-refractivity contribution in [2.24, 2.45) is 5.92 Å². The van der Waals surface area contributed by atoms with E-state index in [1.807, 2.05) is 12.1 Å². The second kappa shape index (κ2) is 4.74. The summed E-state index contributed by atoms with van der Waals surface area (Å²) in [5.74, 6) is 0.526. The summed E-state index contributed by atoms with van der Waals surface area (Å²) in [4.78, 5) is 2.34. The number of benzene rings is 1. The number of likely N-dealkylation sites (N-methyl/N-ethyl adjacent to an activating group) is 1. The highest BCUT2D eigenvalue weighted by atomic mass is 35.5. The molecule has 7 heteroatoms. The van der Waals surface area contributed by atoms with Crippen molar-refractivity contribution < 1.29 is 14.9 Å². The first kappa shape index (κ1) is 16.8. The van der Waals surface area contributed by atoms with E-state index in [4.69, 9.17) is 27.9 Å². The Kier molecular flexibility index (Phi) is 3.32. The van der Waals surface area contributed by atoms with Gasteiger partial charge in [-0.3, -0.25) is 0 Å². The van der Waals surface area contributed by atoms with E-state index < -0.39 is 15.5 Å². The van der Waals surface area contributed by atoms with Gasteiger partial charge >= 0.3 is 0 Å². The van der Waals surface area contributed by atoms with Crippen LogP contribution in [-0.4, -0.2) is 44.9 Å². The van der Waals surface area contributed by atoms with Gasteiger partial charge in [0.2, 0.25) is 10.1 Å². The van der Waals surface area contributed by atoms with Crippen molar-refractivity contribution >= 4 is 35.6 Å². The zero-order valence-electron chi connectivity index (χ0n) is 13.0. The van der Waals surface area contributed by atoms with Crippen LogP contribution in [0.5, 0.6) is 11.5 Å². The van der Waals surface area contributed by atoms with Gasteiger partial charge in [0.25, 0.3) is 0 Å². The molecular weight excluding hydrogens is 373 g/mol. The lowest BCUT2D eigenvalue weighted by Gasteiger charge is -2.60. The van der Waals surface area contributed by atoms with Crippen LogP contribution in [0.15, 0.2) is 24.3 Å². The van der Waals surface area contributed by atoms with Gasteiger partial charge in [-0.1, -0.05) is 35.3 Å². The van der Waals surface area contributed by atoms with E-state index in [1.165, 1.54) is 0 Å². The third kappa shape index (κ3) is 1.56. The molecule has 1 fully saturated rings. The molecule has 2 bridgehead atoms. The first-order valence-electron chi connectivity index (χ1n) is 7.86. The number of piperidine rings is 1. The molecule has 4 aliphatic rings. The van der Waals surface area contributed by atoms with Crippen molar-refractivity contribution in [3.05, 3.63) is 35.4 Å². The maximum Gasteiger partial charge on any atom is 0.239 e. The van der Waals surface area contributed by atoms with E-state index in [1.54, 1.807) is 12.1 Å². The number of halogens is 3. The van der Waals surface area contributed by atoms with Crippen molar-refractivity contribution in [2.75, 3.05) is 13.6 Å². The van der Waals surface area contributed by atoms with E-state index in [2.05, 4.69) is 11.9 Å². The summed E-state index contributed by atoms with van der Waals surface area (Å²) in [7, 11) is 2.12. The molecule has 5 atom stereocenters. The van der Waals surface area contributed by atoms with Crippen LogP contribution in [0.3, 0.4) is 0 Å². The number of nitrogens with zero attached hydrogens (tertiary/aromatic N) is 1. The molecule has 24 heavy (non-hydrogen) atoms. The Bertz CT molecular complexity index is 768. The van der Waals surface area contributed by atoms with Gasteiger partial charge in [0.15, 0.2) is 11.5 Å². The summed E-state index contributed by atoms with van der Waals surface area (Å²) >= 11 is 13.3. The highest BCUT2D eigenvalue weighted by molar-refractivity contribution is 6.35. The van der Waals surface area contributed by atoms with Crippen LogP contribution in [0.4, 0.5) is 0 Å². The Morgan fingerprint density at radius 1 is 1.33 bits per heavy atom. The number of alkyl halides is 2. The largest absolute Gasteiger partial charge is 0.504 e.